The van der Waals surface area contributed by atoms with Crippen LogP contribution in [0.4, 0.5) is 0 Å². The summed E-state index contributed by atoms with van der Waals surface area (Å²) >= 11 is 17.9. The second-order valence-electron chi connectivity index (χ2n) is 5.01. The van der Waals surface area contributed by atoms with Crippen LogP contribution in [-0.2, 0) is 0 Å². The molecule has 7 heteroatoms. The Morgan fingerprint density at radius 1 is 1.00 bits per heavy atom. The molecule has 0 unspecified atom stereocenters. The predicted molar refractivity (Wildman–Crippen MR) is 101 cm³/mol. The minimum Gasteiger partial charge on any atom is -0.455 e. The van der Waals surface area contributed by atoms with E-state index in [1.54, 1.807) is 24.3 Å². The smallest absolute Gasteiger partial charge is 0.272 e. The number of amides is 1. The first kappa shape index (κ1) is 17.5. The Balaban J connectivity index is 1.69. The maximum absolute atomic E-state index is 12.0. The molecule has 1 heterocycles. The Morgan fingerprint density at radius 3 is 2.56 bits per heavy atom. The molecule has 1 aromatic heterocycles. The van der Waals surface area contributed by atoms with Crippen molar-refractivity contribution in [3.05, 3.63) is 81.0 Å². The minimum atomic E-state index is -0.448. The van der Waals surface area contributed by atoms with Gasteiger partial charge in [0.25, 0.3) is 5.91 Å². The molecule has 1 amide bonds. The van der Waals surface area contributed by atoms with Gasteiger partial charge in [-0.25, -0.2) is 5.43 Å². The average Bonchev–Trinajstić information content (AvgIpc) is 3.03. The van der Waals surface area contributed by atoms with E-state index in [2.05, 4.69) is 10.5 Å². The van der Waals surface area contributed by atoms with Gasteiger partial charge in [-0.3, -0.25) is 4.79 Å². The molecule has 1 N–H and O–H groups in total. The summed E-state index contributed by atoms with van der Waals surface area (Å²) in [5.41, 5.74) is 3.44. The highest BCUT2D eigenvalue weighted by molar-refractivity contribution is 6.36. The van der Waals surface area contributed by atoms with Crippen LogP contribution >= 0.6 is 34.8 Å². The van der Waals surface area contributed by atoms with E-state index in [1.165, 1.54) is 18.3 Å². The molecular weight excluding hydrogens is 383 g/mol. The van der Waals surface area contributed by atoms with Crippen molar-refractivity contribution >= 4 is 46.9 Å². The van der Waals surface area contributed by atoms with Crippen molar-refractivity contribution in [1.29, 1.82) is 0 Å². The van der Waals surface area contributed by atoms with Gasteiger partial charge in [0, 0.05) is 10.6 Å². The fourth-order valence-electron chi connectivity index (χ4n) is 2.12. The molecule has 0 radical (unpaired) electrons. The number of hydrazone groups is 1. The summed E-state index contributed by atoms with van der Waals surface area (Å²) in [6.07, 6.45) is 1.39. The molecule has 0 saturated heterocycles. The Hall–Kier alpha value is -2.27. The topological polar surface area (TPSA) is 54.6 Å². The summed E-state index contributed by atoms with van der Waals surface area (Å²) < 4.78 is 5.65. The van der Waals surface area contributed by atoms with Crippen LogP contribution in [0, 0.1) is 0 Å². The Labute approximate surface area is 159 Å². The Bertz CT molecular complexity index is 951. The Morgan fingerprint density at radius 2 is 1.80 bits per heavy atom. The van der Waals surface area contributed by atoms with E-state index in [1.807, 2.05) is 18.2 Å². The van der Waals surface area contributed by atoms with Crippen molar-refractivity contribution in [2.75, 3.05) is 0 Å². The van der Waals surface area contributed by atoms with Gasteiger partial charge >= 0.3 is 0 Å². The number of nitrogens with zero attached hydrogens (tertiary/aromatic N) is 1. The monoisotopic (exact) mass is 392 g/mol. The predicted octanol–water partition coefficient (Wildman–Crippen LogP) is 5.67. The highest BCUT2D eigenvalue weighted by Gasteiger charge is 2.10. The zero-order valence-electron chi connectivity index (χ0n) is 12.7. The van der Waals surface area contributed by atoms with E-state index in [0.29, 0.717) is 21.6 Å². The zero-order chi connectivity index (χ0) is 17.8. The lowest BCUT2D eigenvalue weighted by Gasteiger charge is -2.02. The lowest BCUT2D eigenvalue weighted by molar-refractivity contribution is 0.0955. The second-order valence-corrected chi connectivity index (χ2v) is 6.26. The third-order valence-electron chi connectivity index (χ3n) is 3.30. The van der Waals surface area contributed by atoms with Gasteiger partial charge in [0.1, 0.15) is 11.5 Å². The SMILES string of the molecule is O=C(N/N=C\c1ccc(-c2ccccc2Cl)o1)c1ccc(Cl)cc1Cl. The number of hydrogen-bond donors (Lipinski definition) is 1. The molecule has 3 rings (SSSR count). The third-order valence-corrected chi connectivity index (χ3v) is 4.18. The summed E-state index contributed by atoms with van der Waals surface area (Å²) in [6.45, 7) is 0. The summed E-state index contributed by atoms with van der Waals surface area (Å²) in [6, 6.07) is 15.4. The van der Waals surface area contributed by atoms with Crippen LogP contribution in [0.1, 0.15) is 16.1 Å². The van der Waals surface area contributed by atoms with Gasteiger partial charge in [-0.2, -0.15) is 5.10 Å². The van der Waals surface area contributed by atoms with Gasteiger partial charge in [0.05, 0.1) is 21.8 Å². The first-order valence-electron chi connectivity index (χ1n) is 7.18. The van der Waals surface area contributed by atoms with Gasteiger partial charge in [-0.05, 0) is 42.5 Å². The lowest BCUT2D eigenvalue weighted by atomic mass is 10.2. The molecule has 0 aliphatic rings. The van der Waals surface area contributed by atoms with Gasteiger partial charge < -0.3 is 4.42 Å². The van der Waals surface area contributed by atoms with Crippen molar-refractivity contribution in [3.63, 3.8) is 0 Å². The van der Waals surface area contributed by atoms with Crippen LogP contribution in [0.5, 0.6) is 0 Å². The number of carbonyl (C=O) groups is 1. The molecule has 0 saturated carbocycles. The Kier molecular flexibility index (Phi) is 5.43. The maximum atomic E-state index is 12.0. The summed E-state index contributed by atoms with van der Waals surface area (Å²) in [4.78, 5) is 12.0. The lowest BCUT2D eigenvalue weighted by Crippen LogP contribution is -2.17. The van der Waals surface area contributed by atoms with E-state index >= 15 is 0 Å². The highest BCUT2D eigenvalue weighted by Crippen LogP contribution is 2.28. The molecule has 0 aliphatic carbocycles. The van der Waals surface area contributed by atoms with E-state index in [9.17, 15) is 4.79 Å². The second kappa shape index (κ2) is 7.74. The molecule has 0 bridgehead atoms. The maximum Gasteiger partial charge on any atom is 0.272 e. The van der Waals surface area contributed by atoms with E-state index in [-0.39, 0.29) is 10.6 Å². The standard InChI is InChI=1S/C18H11Cl3N2O2/c19-11-5-7-14(16(21)9-11)18(24)23-22-10-12-6-8-17(25-12)13-3-1-2-4-15(13)20/h1-10H,(H,23,24)/b22-10-. The molecule has 0 atom stereocenters. The minimum absolute atomic E-state index is 0.249. The number of halogens is 3. The largest absolute Gasteiger partial charge is 0.455 e. The van der Waals surface area contributed by atoms with E-state index in [4.69, 9.17) is 39.2 Å². The van der Waals surface area contributed by atoms with Crippen molar-refractivity contribution in [2.24, 2.45) is 5.10 Å². The van der Waals surface area contributed by atoms with E-state index in [0.717, 1.165) is 5.56 Å². The quantitative estimate of drug-likeness (QED) is 0.458. The van der Waals surface area contributed by atoms with Crippen LogP contribution in [0.25, 0.3) is 11.3 Å². The number of hydrogen-bond acceptors (Lipinski definition) is 3. The number of furan rings is 1. The van der Waals surface area contributed by atoms with Gasteiger partial charge in [-0.15, -0.1) is 0 Å². The molecule has 0 fully saturated rings. The number of nitrogens with one attached hydrogen (secondary N) is 1. The molecule has 126 valence electrons. The summed E-state index contributed by atoms with van der Waals surface area (Å²) in [7, 11) is 0. The number of rotatable bonds is 4. The number of carbonyl (C=O) groups excluding carboxylic acids is 1. The van der Waals surface area contributed by atoms with Crippen molar-refractivity contribution in [2.45, 2.75) is 0 Å². The molecule has 25 heavy (non-hydrogen) atoms. The van der Waals surface area contributed by atoms with Crippen molar-refractivity contribution < 1.29 is 9.21 Å². The van der Waals surface area contributed by atoms with Crippen LogP contribution in [-0.4, -0.2) is 12.1 Å². The summed E-state index contributed by atoms with van der Waals surface area (Å²) in [5.74, 6) is 0.632. The highest BCUT2D eigenvalue weighted by atomic mass is 35.5. The van der Waals surface area contributed by atoms with E-state index < -0.39 is 5.91 Å². The van der Waals surface area contributed by atoms with Crippen LogP contribution in [0.15, 0.2) is 64.1 Å². The fourth-order valence-corrected chi connectivity index (χ4v) is 2.84. The van der Waals surface area contributed by atoms with Crippen LogP contribution in [0.3, 0.4) is 0 Å². The normalized spacial score (nSPS) is 11.0. The number of benzene rings is 2. The van der Waals surface area contributed by atoms with Gasteiger partial charge in [0.2, 0.25) is 0 Å². The average molecular weight is 394 g/mol. The molecular formula is C18H11Cl3N2O2. The summed E-state index contributed by atoms with van der Waals surface area (Å²) in [5, 5.41) is 5.16. The molecule has 2 aromatic carbocycles. The van der Waals surface area contributed by atoms with Crippen LogP contribution < -0.4 is 5.43 Å². The van der Waals surface area contributed by atoms with Crippen LogP contribution in [0.2, 0.25) is 15.1 Å². The fraction of sp³-hybridized carbons (Fsp3) is 0. The molecule has 3 aromatic rings. The molecule has 4 nitrogen and oxygen atoms in total. The van der Waals surface area contributed by atoms with Gasteiger partial charge in [0.15, 0.2) is 0 Å². The zero-order valence-corrected chi connectivity index (χ0v) is 14.9. The van der Waals surface area contributed by atoms with Crippen molar-refractivity contribution in [3.8, 4) is 11.3 Å². The van der Waals surface area contributed by atoms with Crippen molar-refractivity contribution in [1.82, 2.24) is 5.43 Å². The van der Waals surface area contributed by atoms with Gasteiger partial charge in [-0.1, -0.05) is 46.9 Å². The third kappa shape index (κ3) is 4.23. The first-order chi connectivity index (χ1) is 12.0. The first-order valence-corrected chi connectivity index (χ1v) is 8.31. The molecule has 0 aliphatic heterocycles. The molecule has 0 spiro atoms.